The molecule has 32 heavy (non-hydrogen) atoms. The normalized spacial score (nSPS) is 11.2. The lowest BCUT2D eigenvalue weighted by atomic mass is 10.1. The lowest BCUT2D eigenvalue weighted by Crippen LogP contribution is -2.16. The molecular formula is C26H18BrNO4. The third-order valence-electron chi connectivity index (χ3n) is 5.35. The standard InChI is InChI=1S/C26H18BrNO4/c1-15-6-8-16(9-7-15)25(30)26-24(19-4-2-3-5-22(19)32-26)28-23(29)12-17-14-31-21-11-10-18(27)13-20(17)21/h2-11,13-14H,12H2,1H3,(H,28,29). The van der Waals surface area contributed by atoms with Gasteiger partial charge >= 0.3 is 0 Å². The van der Waals surface area contributed by atoms with Crippen LogP contribution in [-0.2, 0) is 11.2 Å². The zero-order valence-electron chi connectivity index (χ0n) is 17.1. The Morgan fingerprint density at radius 2 is 1.72 bits per heavy atom. The molecule has 0 saturated carbocycles. The third-order valence-corrected chi connectivity index (χ3v) is 5.84. The van der Waals surface area contributed by atoms with Crippen molar-refractivity contribution < 1.29 is 18.4 Å². The van der Waals surface area contributed by atoms with E-state index in [4.69, 9.17) is 8.83 Å². The number of benzene rings is 3. The van der Waals surface area contributed by atoms with Gasteiger partial charge in [-0.1, -0.05) is 57.9 Å². The van der Waals surface area contributed by atoms with Crippen molar-refractivity contribution in [1.82, 2.24) is 0 Å². The molecule has 1 amide bonds. The van der Waals surface area contributed by atoms with Gasteiger partial charge in [0, 0.05) is 26.4 Å². The summed E-state index contributed by atoms with van der Waals surface area (Å²) < 4.78 is 12.3. The van der Waals surface area contributed by atoms with Crippen molar-refractivity contribution in [3.8, 4) is 0 Å². The highest BCUT2D eigenvalue weighted by Crippen LogP contribution is 2.33. The molecule has 0 aliphatic rings. The van der Waals surface area contributed by atoms with Crippen LogP contribution in [0.1, 0.15) is 27.2 Å². The van der Waals surface area contributed by atoms with E-state index in [9.17, 15) is 9.59 Å². The minimum absolute atomic E-state index is 0.0983. The highest BCUT2D eigenvalue weighted by molar-refractivity contribution is 9.10. The monoisotopic (exact) mass is 487 g/mol. The Morgan fingerprint density at radius 1 is 0.938 bits per heavy atom. The van der Waals surface area contributed by atoms with Gasteiger partial charge in [-0.05, 0) is 37.3 Å². The molecule has 0 aliphatic heterocycles. The van der Waals surface area contributed by atoms with Crippen LogP contribution in [0, 0.1) is 6.92 Å². The zero-order valence-corrected chi connectivity index (χ0v) is 18.7. The number of carbonyl (C=O) groups excluding carboxylic acids is 2. The maximum atomic E-state index is 13.2. The quantitative estimate of drug-likeness (QED) is 0.281. The smallest absolute Gasteiger partial charge is 0.230 e. The van der Waals surface area contributed by atoms with Crippen LogP contribution in [0.15, 0.2) is 86.3 Å². The molecule has 0 radical (unpaired) electrons. The van der Waals surface area contributed by atoms with Crippen molar-refractivity contribution in [2.24, 2.45) is 0 Å². The second-order valence-electron chi connectivity index (χ2n) is 7.62. The van der Waals surface area contributed by atoms with E-state index in [1.54, 1.807) is 24.5 Å². The number of aryl methyl sites for hydroxylation is 1. The van der Waals surface area contributed by atoms with Crippen molar-refractivity contribution in [2.75, 3.05) is 5.32 Å². The molecule has 0 saturated heterocycles. The van der Waals surface area contributed by atoms with Crippen LogP contribution in [-0.4, -0.2) is 11.7 Å². The number of hydrogen-bond acceptors (Lipinski definition) is 4. The van der Waals surface area contributed by atoms with Crippen LogP contribution in [0.5, 0.6) is 0 Å². The van der Waals surface area contributed by atoms with Gasteiger partial charge in [-0.2, -0.15) is 0 Å². The largest absolute Gasteiger partial charge is 0.464 e. The molecular weight excluding hydrogens is 470 g/mol. The van der Waals surface area contributed by atoms with Gasteiger partial charge in [0.25, 0.3) is 0 Å². The lowest BCUT2D eigenvalue weighted by molar-refractivity contribution is -0.115. The van der Waals surface area contributed by atoms with Crippen molar-refractivity contribution in [2.45, 2.75) is 13.3 Å². The van der Waals surface area contributed by atoms with Crippen LogP contribution >= 0.6 is 15.9 Å². The summed E-state index contributed by atoms with van der Waals surface area (Å²) in [4.78, 5) is 26.2. The van der Waals surface area contributed by atoms with Crippen LogP contribution in [0.2, 0.25) is 0 Å². The van der Waals surface area contributed by atoms with E-state index < -0.39 is 0 Å². The lowest BCUT2D eigenvalue weighted by Gasteiger charge is -2.06. The molecule has 0 atom stereocenters. The predicted molar refractivity (Wildman–Crippen MR) is 127 cm³/mol. The Labute approximate surface area is 192 Å². The number of rotatable bonds is 5. The molecule has 0 unspecified atom stereocenters. The van der Waals surface area contributed by atoms with E-state index in [0.29, 0.717) is 27.8 Å². The zero-order chi connectivity index (χ0) is 22.2. The van der Waals surface area contributed by atoms with Crippen molar-refractivity contribution in [3.63, 3.8) is 0 Å². The van der Waals surface area contributed by atoms with Crippen molar-refractivity contribution in [3.05, 3.63) is 99.9 Å². The summed E-state index contributed by atoms with van der Waals surface area (Å²) in [5.41, 5.74) is 3.94. The Morgan fingerprint density at radius 3 is 2.53 bits per heavy atom. The van der Waals surface area contributed by atoms with Gasteiger partial charge in [0.1, 0.15) is 11.2 Å². The Balaban J connectivity index is 1.49. The molecule has 1 N–H and O–H groups in total. The van der Waals surface area contributed by atoms with E-state index >= 15 is 0 Å². The topological polar surface area (TPSA) is 72.5 Å². The molecule has 2 heterocycles. The number of para-hydroxylation sites is 1. The second kappa shape index (κ2) is 8.13. The van der Waals surface area contributed by atoms with Crippen LogP contribution in [0.25, 0.3) is 21.9 Å². The van der Waals surface area contributed by atoms with Gasteiger partial charge in [0.05, 0.1) is 18.4 Å². The second-order valence-corrected chi connectivity index (χ2v) is 8.54. The Hall–Kier alpha value is -3.64. The molecule has 5 rings (SSSR count). The molecule has 6 heteroatoms. The maximum absolute atomic E-state index is 13.2. The molecule has 0 spiro atoms. The van der Waals surface area contributed by atoms with E-state index in [2.05, 4.69) is 21.2 Å². The van der Waals surface area contributed by atoms with E-state index in [1.165, 1.54) is 0 Å². The fraction of sp³-hybridized carbons (Fsp3) is 0.0769. The molecule has 5 aromatic rings. The number of fused-ring (bicyclic) bond motifs is 2. The van der Waals surface area contributed by atoms with Gasteiger partial charge in [0.15, 0.2) is 5.76 Å². The predicted octanol–water partition coefficient (Wildman–Crippen LogP) is 6.66. The number of halogens is 1. The number of amides is 1. The fourth-order valence-corrected chi connectivity index (χ4v) is 4.07. The minimum atomic E-state index is -0.283. The molecule has 158 valence electrons. The highest BCUT2D eigenvalue weighted by atomic mass is 79.9. The number of furan rings is 2. The average molecular weight is 488 g/mol. The number of ketones is 1. The molecule has 0 aliphatic carbocycles. The number of carbonyl (C=O) groups is 2. The number of anilines is 1. The summed E-state index contributed by atoms with van der Waals surface area (Å²) in [6, 6.07) is 20.2. The summed E-state index contributed by atoms with van der Waals surface area (Å²) in [7, 11) is 0. The molecule has 3 aromatic carbocycles. The van der Waals surface area contributed by atoms with Gasteiger partial charge in [-0.15, -0.1) is 0 Å². The van der Waals surface area contributed by atoms with Crippen molar-refractivity contribution >= 4 is 55.2 Å². The van der Waals surface area contributed by atoms with E-state index in [1.807, 2.05) is 55.5 Å². The molecule has 0 bridgehead atoms. The SMILES string of the molecule is Cc1ccc(C(=O)c2oc3ccccc3c2NC(=O)Cc2coc3ccc(Br)cc23)cc1. The Kier molecular flexibility index (Phi) is 5.15. The van der Waals surface area contributed by atoms with Gasteiger partial charge in [0.2, 0.25) is 11.7 Å². The summed E-state index contributed by atoms with van der Waals surface area (Å²) in [6.07, 6.45) is 1.68. The van der Waals surface area contributed by atoms with Crippen LogP contribution in [0.3, 0.4) is 0 Å². The minimum Gasteiger partial charge on any atom is -0.464 e. The van der Waals surface area contributed by atoms with Gasteiger partial charge in [-0.3, -0.25) is 9.59 Å². The first-order valence-electron chi connectivity index (χ1n) is 10.1. The Bertz CT molecular complexity index is 1480. The molecule has 5 nitrogen and oxygen atoms in total. The van der Waals surface area contributed by atoms with Gasteiger partial charge < -0.3 is 14.2 Å². The molecule has 2 aromatic heterocycles. The fourth-order valence-electron chi connectivity index (χ4n) is 3.71. The average Bonchev–Trinajstić information content (AvgIpc) is 3.35. The van der Waals surface area contributed by atoms with E-state index in [-0.39, 0.29) is 23.9 Å². The summed E-state index contributed by atoms with van der Waals surface area (Å²) >= 11 is 3.45. The summed E-state index contributed by atoms with van der Waals surface area (Å²) in [5.74, 6) is -0.436. The number of nitrogens with one attached hydrogen (secondary N) is 1. The highest BCUT2D eigenvalue weighted by Gasteiger charge is 2.24. The maximum Gasteiger partial charge on any atom is 0.230 e. The summed E-state index contributed by atoms with van der Waals surface area (Å²) in [6.45, 7) is 1.96. The number of hydrogen-bond donors (Lipinski definition) is 1. The summed E-state index contributed by atoms with van der Waals surface area (Å²) in [5, 5.41) is 4.45. The first-order chi connectivity index (χ1) is 15.5. The molecule has 0 fully saturated rings. The first-order valence-corrected chi connectivity index (χ1v) is 10.9. The van der Waals surface area contributed by atoms with Gasteiger partial charge in [-0.25, -0.2) is 0 Å². The van der Waals surface area contributed by atoms with Crippen LogP contribution < -0.4 is 5.32 Å². The third kappa shape index (κ3) is 3.74. The van der Waals surface area contributed by atoms with E-state index in [0.717, 1.165) is 21.0 Å². The van der Waals surface area contributed by atoms with Crippen molar-refractivity contribution in [1.29, 1.82) is 0 Å². The van der Waals surface area contributed by atoms with Crippen LogP contribution in [0.4, 0.5) is 5.69 Å². The first kappa shape index (κ1) is 20.3.